The first kappa shape index (κ1) is 14.6. The summed E-state index contributed by atoms with van der Waals surface area (Å²) in [7, 11) is 0. The fourth-order valence-electron chi connectivity index (χ4n) is 1.07. The second-order valence-electron chi connectivity index (χ2n) is 3.36. The van der Waals surface area contributed by atoms with Crippen LogP contribution in [0.5, 0.6) is 0 Å². The number of rotatable bonds is 5. The normalized spacial score (nSPS) is 9.56. The van der Waals surface area contributed by atoms with Crippen LogP contribution >= 0.6 is 0 Å². The van der Waals surface area contributed by atoms with Gasteiger partial charge in [0, 0.05) is 19.5 Å². The average molecular weight is 233 g/mol. The van der Waals surface area contributed by atoms with Gasteiger partial charge in [-0.3, -0.25) is 0 Å². The molecule has 0 spiro atoms. The maximum absolute atomic E-state index is 12.4. The van der Waals surface area contributed by atoms with E-state index in [4.69, 9.17) is 0 Å². The third-order valence-corrected chi connectivity index (χ3v) is 1.91. The maximum Gasteiger partial charge on any atom is 0.415 e. The van der Waals surface area contributed by atoms with Gasteiger partial charge in [-0.25, -0.2) is 4.79 Å². The highest BCUT2D eigenvalue weighted by molar-refractivity contribution is 5.68. The Morgan fingerprint density at radius 1 is 1.31 bits per heavy atom. The van der Waals surface area contributed by atoms with Crippen LogP contribution in [0.15, 0.2) is 24.0 Å². The van der Waals surface area contributed by atoms with E-state index in [9.17, 15) is 13.6 Å². The molecule has 92 valence electrons. The lowest BCUT2D eigenvalue weighted by Crippen LogP contribution is -2.31. The molecule has 0 radical (unpaired) electrons. The van der Waals surface area contributed by atoms with Crippen LogP contribution in [-0.4, -0.2) is 24.1 Å². The Bertz CT molecular complexity index is 292. The van der Waals surface area contributed by atoms with Crippen LogP contribution in [-0.2, 0) is 4.74 Å². The topological polar surface area (TPSA) is 29.5 Å². The molecule has 0 bridgehead atoms. The molecule has 0 aromatic carbocycles. The van der Waals surface area contributed by atoms with Crippen LogP contribution in [0.25, 0.3) is 0 Å². The first-order chi connectivity index (χ1) is 7.42. The van der Waals surface area contributed by atoms with Gasteiger partial charge in [-0.2, -0.15) is 8.78 Å². The molecule has 0 N–H and O–H groups in total. The minimum Gasteiger partial charge on any atom is -0.409 e. The van der Waals surface area contributed by atoms with Crippen molar-refractivity contribution >= 4 is 6.09 Å². The van der Waals surface area contributed by atoms with E-state index in [1.165, 1.54) is 4.90 Å². The predicted molar refractivity (Wildman–Crippen MR) is 58.1 cm³/mol. The molecule has 16 heavy (non-hydrogen) atoms. The van der Waals surface area contributed by atoms with Crippen molar-refractivity contribution in [1.29, 1.82) is 0 Å². The van der Waals surface area contributed by atoms with E-state index in [2.05, 4.69) is 11.3 Å². The zero-order valence-electron chi connectivity index (χ0n) is 9.85. The summed E-state index contributed by atoms with van der Waals surface area (Å²) in [5, 5.41) is 0. The summed E-state index contributed by atoms with van der Waals surface area (Å²) in [4.78, 5) is 12.7. The van der Waals surface area contributed by atoms with Crippen LogP contribution in [0, 0.1) is 0 Å². The molecule has 0 rings (SSSR count). The molecule has 0 aromatic rings. The van der Waals surface area contributed by atoms with Gasteiger partial charge in [0.05, 0.1) is 0 Å². The van der Waals surface area contributed by atoms with Gasteiger partial charge in [0.1, 0.15) is 0 Å². The lowest BCUT2D eigenvalue weighted by atomic mass is 10.2. The summed E-state index contributed by atoms with van der Waals surface area (Å²) in [5.41, 5.74) is 0.509. The van der Waals surface area contributed by atoms with E-state index in [1.54, 1.807) is 20.8 Å². The van der Waals surface area contributed by atoms with Crippen molar-refractivity contribution in [2.24, 2.45) is 0 Å². The van der Waals surface area contributed by atoms with Gasteiger partial charge >= 0.3 is 12.2 Å². The number of allylic oxidation sites excluding steroid dienone is 1. The van der Waals surface area contributed by atoms with Gasteiger partial charge in [0.2, 0.25) is 0 Å². The van der Waals surface area contributed by atoms with E-state index in [0.717, 1.165) is 0 Å². The molecule has 0 unspecified atom stereocenters. The smallest absolute Gasteiger partial charge is 0.409 e. The molecule has 0 aliphatic carbocycles. The highest BCUT2D eigenvalue weighted by Gasteiger charge is 2.17. The maximum atomic E-state index is 12.4. The lowest BCUT2D eigenvalue weighted by molar-refractivity contribution is 0.124. The average Bonchev–Trinajstić information content (AvgIpc) is 2.17. The summed E-state index contributed by atoms with van der Waals surface area (Å²) < 4.78 is 29.5. The van der Waals surface area contributed by atoms with Gasteiger partial charge in [-0.1, -0.05) is 12.2 Å². The van der Waals surface area contributed by atoms with Crippen molar-refractivity contribution in [2.75, 3.05) is 13.1 Å². The Labute approximate surface area is 94.4 Å². The third kappa shape index (κ3) is 4.91. The van der Waals surface area contributed by atoms with Crippen molar-refractivity contribution in [3.05, 3.63) is 24.0 Å². The first-order valence-electron chi connectivity index (χ1n) is 5.07. The van der Waals surface area contributed by atoms with Crippen LogP contribution in [0.4, 0.5) is 13.6 Å². The van der Waals surface area contributed by atoms with Crippen LogP contribution in [0.2, 0.25) is 0 Å². The lowest BCUT2D eigenvalue weighted by Gasteiger charge is -2.18. The highest BCUT2D eigenvalue weighted by atomic mass is 19.3. The SMILES string of the molecule is C=C(C)CC(OC(=O)N(CC)CC)=C(F)F. The van der Waals surface area contributed by atoms with Crippen molar-refractivity contribution < 1.29 is 18.3 Å². The fourth-order valence-corrected chi connectivity index (χ4v) is 1.07. The first-order valence-corrected chi connectivity index (χ1v) is 5.07. The molecule has 5 heteroatoms. The molecular formula is C11H17F2NO2. The zero-order valence-corrected chi connectivity index (χ0v) is 9.85. The summed E-state index contributed by atoms with van der Waals surface area (Å²) in [6, 6.07) is 0. The minimum absolute atomic E-state index is 0.130. The van der Waals surface area contributed by atoms with Gasteiger partial charge in [0.15, 0.2) is 5.76 Å². The van der Waals surface area contributed by atoms with Gasteiger partial charge in [-0.05, 0) is 20.8 Å². The van der Waals surface area contributed by atoms with Crippen LogP contribution in [0.1, 0.15) is 27.2 Å². The van der Waals surface area contributed by atoms with E-state index >= 15 is 0 Å². The molecular weight excluding hydrogens is 216 g/mol. The van der Waals surface area contributed by atoms with Crippen LogP contribution < -0.4 is 0 Å². The Morgan fingerprint density at radius 3 is 2.12 bits per heavy atom. The quantitative estimate of drug-likeness (QED) is 0.537. The van der Waals surface area contributed by atoms with Gasteiger partial charge in [0.25, 0.3) is 0 Å². The fraction of sp³-hybridized carbons (Fsp3) is 0.545. The summed E-state index contributed by atoms with van der Waals surface area (Å²) >= 11 is 0. The number of halogens is 2. The van der Waals surface area contributed by atoms with Crippen LogP contribution in [0.3, 0.4) is 0 Å². The third-order valence-electron chi connectivity index (χ3n) is 1.91. The Hall–Kier alpha value is -1.39. The van der Waals surface area contributed by atoms with E-state index in [1.807, 2.05) is 0 Å². The second-order valence-corrected chi connectivity index (χ2v) is 3.36. The van der Waals surface area contributed by atoms with E-state index in [-0.39, 0.29) is 6.42 Å². The molecule has 0 aliphatic heterocycles. The van der Waals surface area contributed by atoms with Crippen molar-refractivity contribution in [3.63, 3.8) is 0 Å². The number of nitrogens with zero attached hydrogens (tertiary/aromatic N) is 1. The molecule has 0 aliphatic rings. The number of hydrogen-bond donors (Lipinski definition) is 0. The van der Waals surface area contributed by atoms with Crippen molar-refractivity contribution in [3.8, 4) is 0 Å². The monoisotopic (exact) mass is 233 g/mol. The molecule has 0 saturated heterocycles. The number of ether oxygens (including phenoxy) is 1. The second kappa shape index (κ2) is 6.98. The highest BCUT2D eigenvalue weighted by Crippen LogP contribution is 2.18. The molecule has 0 fully saturated rings. The Balaban J connectivity index is 4.59. The Morgan fingerprint density at radius 2 is 1.81 bits per heavy atom. The van der Waals surface area contributed by atoms with Gasteiger partial charge < -0.3 is 9.64 Å². The number of carbonyl (C=O) groups excluding carboxylic acids is 1. The molecule has 0 saturated carbocycles. The molecule has 0 aromatic heterocycles. The summed E-state index contributed by atoms with van der Waals surface area (Å²) in [6.45, 7) is 9.43. The molecule has 0 atom stereocenters. The summed E-state index contributed by atoms with van der Waals surface area (Å²) in [5.74, 6) is -0.621. The van der Waals surface area contributed by atoms with Gasteiger partial charge in [-0.15, -0.1) is 0 Å². The standard InChI is InChI=1S/C11H17F2NO2/c1-5-14(6-2)11(15)16-9(10(12)13)7-8(3)4/h3,5-7H2,1-2,4H3. The molecule has 3 nitrogen and oxygen atoms in total. The largest absolute Gasteiger partial charge is 0.415 e. The van der Waals surface area contributed by atoms with Crippen molar-refractivity contribution in [1.82, 2.24) is 4.90 Å². The van der Waals surface area contributed by atoms with Crippen molar-refractivity contribution in [2.45, 2.75) is 27.2 Å². The molecule has 1 amide bonds. The predicted octanol–water partition coefficient (Wildman–Crippen LogP) is 3.54. The number of carbonyl (C=O) groups is 1. The summed E-state index contributed by atoms with van der Waals surface area (Å²) in [6.07, 6.45) is -2.87. The number of amides is 1. The molecule has 0 heterocycles. The van der Waals surface area contributed by atoms with E-state index in [0.29, 0.717) is 18.7 Å². The number of hydrogen-bond acceptors (Lipinski definition) is 2. The minimum atomic E-state index is -1.98. The Kier molecular flexibility index (Phi) is 6.37. The van der Waals surface area contributed by atoms with E-state index < -0.39 is 17.9 Å². The zero-order chi connectivity index (χ0) is 12.7.